The summed E-state index contributed by atoms with van der Waals surface area (Å²) in [5.41, 5.74) is 2.28. The van der Waals surface area contributed by atoms with Crippen LogP contribution >= 0.6 is 0 Å². The molecule has 0 bridgehead atoms. The van der Waals surface area contributed by atoms with E-state index >= 15 is 0 Å². The summed E-state index contributed by atoms with van der Waals surface area (Å²) in [6.07, 6.45) is 1.53. The number of nitrogen functional groups attached to an aromatic ring is 1. The van der Waals surface area contributed by atoms with Crippen LogP contribution in [0.25, 0.3) is 0 Å². The number of nitrogens with zero attached hydrogens (tertiary/aromatic N) is 3. The zero-order valence-electron chi connectivity index (χ0n) is 11.1. The Bertz CT molecular complexity index is 626. The molecule has 8 heteroatoms. The highest BCUT2D eigenvalue weighted by atomic mass is 19.1. The number of para-hydroxylation sites is 1. The Kier molecular flexibility index (Phi) is 3.94. The number of anilines is 1. The van der Waals surface area contributed by atoms with Crippen molar-refractivity contribution in [1.29, 1.82) is 0 Å². The fourth-order valence-corrected chi connectivity index (χ4v) is 1.88. The molecule has 106 valence electrons. The van der Waals surface area contributed by atoms with Gasteiger partial charge in [-0.3, -0.25) is 10.6 Å². The minimum Gasteiger partial charge on any atom is -0.342 e. The fourth-order valence-electron chi connectivity index (χ4n) is 1.88. The number of hydrogen-bond acceptors (Lipinski definition) is 5. The molecule has 1 atom stereocenters. The van der Waals surface area contributed by atoms with E-state index in [-0.39, 0.29) is 17.3 Å². The van der Waals surface area contributed by atoms with Crippen molar-refractivity contribution in [3.05, 3.63) is 41.7 Å². The molecule has 7 nitrogen and oxygen atoms in total. The number of halogens is 1. The number of hydrazine groups is 1. The van der Waals surface area contributed by atoms with Crippen LogP contribution in [0.5, 0.6) is 0 Å². The summed E-state index contributed by atoms with van der Waals surface area (Å²) in [5.74, 6) is 4.79. The Morgan fingerprint density at radius 2 is 2.25 bits per heavy atom. The standard InChI is InChI=1S/C12H15FN6O/c1-7(11-18-15-6-19(11)2)16-12(20)8-4-3-5-9(13)10(8)17-14/h3-7,17H,14H2,1-2H3,(H,16,20). The van der Waals surface area contributed by atoms with Gasteiger partial charge in [-0.15, -0.1) is 10.2 Å². The SMILES string of the molecule is CC(NC(=O)c1cccc(F)c1NN)c1nncn1C. The highest BCUT2D eigenvalue weighted by Gasteiger charge is 2.19. The van der Waals surface area contributed by atoms with E-state index in [0.717, 1.165) is 0 Å². The quantitative estimate of drug-likeness (QED) is 0.566. The van der Waals surface area contributed by atoms with Gasteiger partial charge in [0.1, 0.15) is 12.1 Å². The summed E-state index contributed by atoms with van der Waals surface area (Å²) in [7, 11) is 1.77. The lowest BCUT2D eigenvalue weighted by Crippen LogP contribution is -2.29. The third-order valence-electron chi connectivity index (χ3n) is 2.88. The molecule has 2 aromatic rings. The van der Waals surface area contributed by atoms with E-state index in [9.17, 15) is 9.18 Å². The predicted octanol–water partition coefficient (Wildman–Crippen LogP) is 0.731. The molecule has 4 N–H and O–H groups in total. The Labute approximate surface area is 115 Å². The molecule has 1 amide bonds. The van der Waals surface area contributed by atoms with Crippen LogP contribution in [0.4, 0.5) is 10.1 Å². The van der Waals surface area contributed by atoms with Gasteiger partial charge in [-0.1, -0.05) is 6.07 Å². The van der Waals surface area contributed by atoms with Gasteiger partial charge in [0.25, 0.3) is 5.91 Å². The lowest BCUT2D eigenvalue weighted by atomic mass is 10.1. The zero-order valence-corrected chi connectivity index (χ0v) is 11.1. The molecular formula is C12H15FN6O. The Morgan fingerprint density at radius 3 is 2.85 bits per heavy atom. The number of nitrogens with one attached hydrogen (secondary N) is 2. The minimum atomic E-state index is -0.591. The van der Waals surface area contributed by atoms with Crippen molar-refractivity contribution in [2.45, 2.75) is 13.0 Å². The van der Waals surface area contributed by atoms with Crippen LogP contribution in [0.1, 0.15) is 29.1 Å². The van der Waals surface area contributed by atoms with Gasteiger partial charge >= 0.3 is 0 Å². The van der Waals surface area contributed by atoms with Crippen LogP contribution in [-0.4, -0.2) is 20.7 Å². The molecule has 1 heterocycles. The van der Waals surface area contributed by atoms with E-state index < -0.39 is 11.7 Å². The second kappa shape index (κ2) is 5.66. The second-order valence-electron chi connectivity index (χ2n) is 4.30. The van der Waals surface area contributed by atoms with Crippen molar-refractivity contribution in [2.24, 2.45) is 12.9 Å². The van der Waals surface area contributed by atoms with Crippen molar-refractivity contribution in [3.63, 3.8) is 0 Å². The van der Waals surface area contributed by atoms with E-state index in [1.54, 1.807) is 18.5 Å². The number of benzene rings is 1. The number of nitrogens with two attached hydrogens (primary N) is 1. The van der Waals surface area contributed by atoms with Gasteiger partial charge < -0.3 is 15.3 Å². The number of carbonyl (C=O) groups is 1. The van der Waals surface area contributed by atoms with Crippen LogP contribution in [0, 0.1) is 5.82 Å². The van der Waals surface area contributed by atoms with Crippen LogP contribution in [0.3, 0.4) is 0 Å². The summed E-state index contributed by atoms with van der Waals surface area (Å²) in [4.78, 5) is 12.2. The van der Waals surface area contributed by atoms with Gasteiger partial charge in [0.05, 0.1) is 17.3 Å². The Hall–Kier alpha value is -2.48. The maximum Gasteiger partial charge on any atom is 0.254 e. The van der Waals surface area contributed by atoms with Gasteiger partial charge in [0, 0.05) is 7.05 Å². The smallest absolute Gasteiger partial charge is 0.254 e. The third-order valence-corrected chi connectivity index (χ3v) is 2.88. The minimum absolute atomic E-state index is 0.0461. The second-order valence-corrected chi connectivity index (χ2v) is 4.30. The highest BCUT2D eigenvalue weighted by Crippen LogP contribution is 2.19. The van der Waals surface area contributed by atoms with E-state index in [4.69, 9.17) is 5.84 Å². The number of amides is 1. The van der Waals surface area contributed by atoms with Gasteiger partial charge in [-0.2, -0.15) is 0 Å². The molecule has 0 aliphatic rings. The third kappa shape index (κ3) is 2.59. The average molecular weight is 278 g/mol. The summed E-state index contributed by atoms with van der Waals surface area (Å²) >= 11 is 0. The van der Waals surface area contributed by atoms with E-state index in [1.165, 1.54) is 24.5 Å². The van der Waals surface area contributed by atoms with Gasteiger partial charge in [0.15, 0.2) is 5.82 Å². The molecule has 1 unspecified atom stereocenters. The van der Waals surface area contributed by atoms with E-state index in [0.29, 0.717) is 5.82 Å². The average Bonchev–Trinajstić information content (AvgIpc) is 2.84. The molecule has 1 aromatic heterocycles. The number of aryl methyl sites for hydroxylation is 1. The van der Waals surface area contributed by atoms with Crippen LogP contribution in [0.2, 0.25) is 0 Å². The molecule has 2 rings (SSSR count). The van der Waals surface area contributed by atoms with Crippen molar-refractivity contribution in [3.8, 4) is 0 Å². The van der Waals surface area contributed by atoms with Crippen molar-refractivity contribution >= 4 is 11.6 Å². The van der Waals surface area contributed by atoms with Gasteiger partial charge in [-0.05, 0) is 19.1 Å². The number of hydrogen-bond donors (Lipinski definition) is 3. The lowest BCUT2D eigenvalue weighted by molar-refractivity contribution is 0.0938. The van der Waals surface area contributed by atoms with Crippen LogP contribution < -0.4 is 16.6 Å². The Morgan fingerprint density at radius 1 is 1.50 bits per heavy atom. The Balaban J connectivity index is 2.21. The molecule has 1 aromatic carbocycles. The molecule has 0 aliphatic carbocycles. The maximum absolute atomic E-state index is 13.5. The van der Waals surface area contributed by atoms with Gasteiger partial charge in [0.2, 0.25) is 0 Å². The lowest BCUT2D eigenvalue weighted by Gasteiger charge is -2.15. The maximum atomic E-state index is 13.5. The molecule has 0 fully saturated rings. The molecule has 0 saturated heterocycles. The first-order valence-corrected chi connectivity index (χ1v) is 5.94. The predicted molar refractivity (Wildman–Crippen MR) is 71.1 cm³/mol. The molecule has 0 spiro atoms. The first-order chi connectivity index (χ1) is 9.54. The van der Waals surface area contributed by atoms with E-state index in [1.807, 2.05) is 0 Å². The first-order valence-electron chi connectivity index (χ1n) is 5.94. The molecule has 0 saturated carbocycles. The highest BCUT2D eigenvalue weighted by molar-refractivity contribution is 5.99. The largest absolute Gasteiger partial charge is 0.342 e. The van der Waals surface area contributed by atoms with Crippen molar-refractivity contribution in [1.82, 2.24) is 20.1 Å². The summed E-state index contributed by atoms with van der Waals surface area (Å²) in [5, 5.41) is 10.4. The zero-order chi connectivity index (χ0) is 14.7. The summed E-state index contributed by atoms with van der Waals surface area (Å²) < 4.78 is 15.2. The fraction of sp³-hybridized carbons (Fsp3) is 0.250. The first kappa shape index (κ1) is 13.9. The summed E-state index contributed by atoms with van der Waals surface area (Å²) in [6.45, 7) is 1.76. The topological polar surface area (TPSA) is 97.9 Å². The summed E-state index contributed by atoms with van der Waals surface area (Å²) in [6, 6.07) is 3.77. The number of rotatable bonds is 4. The van der Waals surface area contributed by atoms with Crippen molar-refractivity contribution < 1.29 is 9.18 Å². The normalized spacial score (nSPS) is 12.0. The van der Waals surface area contributed by atoms with Gasteiger partial charge in [-0.25, -0.2) is 4.39 Å². The van der Waals surface area contributed by atoms with E-state index in [2.05, 4.69) is 20.9 Å². The molecular weight excluding hydrogens is 263 g/mol. The van der Waals surface area contributed by atoms with Crippen molar-refractivity contribution in [2.75, 3.05) is 5.43 Å². The number of carbonyl (C=O) groups excluding carboxylic acids is 1. The monoisotopic (exact) mass is 278 g/mol. The van der Waals surface area contributed by atoms with Crippen LogP contribution in [-0.2, 0) is 7.05 Å². The molecule has 0 aliphatic heterocycles. The van der Waals surface area contributed by atoms with Crippen LogP contribution in [0.15, 0.2) is 24.5 Å². The number of aromatic nitrogens is 3. The molecule has 20 heavy (non-hydrogen) atoms. The molecule has 0 radical (unpaired) electrons.